The van der Waals surface area contributed by atoms with Gasteiger partial charge in [-0.15, -0.1) is 0 Å². The second-order valence-electron chi connectivity index (χ2n) is 5.30. The highest BCUT2D eigenvalue weighted by Gasteiger charge is 2.44. The quantitative estimate of drug-likeness (QED) is 0.680. The van der Waals surface area contributed by atoms with Gasteiger partial charge in [0.05, 0.1) is 13.5 Å². The molecule has 4 heteroatoms. The van der Waals surface area contributed by atoms with Gasteiger partial charge in [-0.1, -0.05) is 6.92 Å². The average Bonchev–Trinajstić information content (AvgIpc) is 3.06. The van der Waals surface area contributed by atoms with Crippen molar-refractivity contribution in [1.29, 1.82) is 0 Å². The molecule has 0 spiro atoms. The first-order valence-corrected chi connectivity index (χ1v) is 7.42. The van der Waals surface area contributed by atoms with Gasteiger partial charge in [0.25, 0.3) is 0 Å². The second-order valence-corrected chi connectivity index (χ2v) is 6.73. The molecule has 1 N–H and O–H groups in total. The van der Waals surface area contributed by atoms with Crippen LogP contribution in [-0.2, 0) is 9.53 Å². The van der Waals surface area contributed by atoms with E-state index in [1.165, 1.54) is 26.4 Å². The first kappa shape index (κ1) is 14.8. The summed E-state index contributed by atoms with van der Waals surface area (Å²) in [6, 6.07) is 0.563. The van der Waals surface area contributed by atoms with Crippen LogP contribution in [0.25, 0.3) is 0 Å². The summed E-state index contributed by atoms with van der Waals surface area (Å²) in [7, 11) is 3.48. The van der Waals surface area contributed by atoms with Crippen molar-refractivity contribution in [3.63, 3.8) is 0 Å². The minimum absolute atomic E-state index is 0.0562. The molecule has 0 saturated heterocycles. The number of thioether (sulfide) groups is 1. The highest BCUT2D eigenvalue weighted by atomic mass is 32.2. The monoisotopic (exact) mass is 259 g/mol. The highest BCUT2D eigenvalue weighted by Crippen LogP contribution is 2.51. The van der Waals surface area contributed by atoms with Crippen LogP contribution in [0, 0.1) is 5.41 Å². The number of hydrogen-bond acceptors (Lipinski definition) is 4. The number of hydrogen-bond donors (Lipinski definition) is 1. The Bertz CT molecular complexity index is 254. The normalized spacial score (nSPS) is 20.7. The molecule has 0 aromatic heterocycles. The van der Waals surface area contributed by atoms with Crippen molar-refractivity contribution in [2.24, 2.45) is 5.41 Å². The van der Waals surface area contributed by atoms with Gasteiger partial charge in [0.1, 0.15) is 0 Å². The Morgan fingerprint density at radius 2 is 2.12 bits per heavy atom. The Hall–Kier alpha value is -0.220. The molecular weight excluding hydrogens is 234 g/mol. The van der Waals surface area contributed by atoms with Gasteiger partial charge in [0.2, 0.25) is 0 Å². The molecule has 1 aliphatic rings. The molecule has 0 radical (unpaired) electrons. The predicted molar refractivity (Wildman–Crippen MR) is 73.4 cm³/mol. The lowest BCUT2D eigenvalue weighted by Crippen LogP contribution is -2.25. The largest absolute Gasteiger partial charge is 0.469 e. The maximum atomic E-state index is 11.3. The molecule has 17 heavy (non-hydrogen) atoms. The lowest BCUT2D eigenvalue weighted by Gasteiger charge is -2.19. The summed E-state index contributed by atoms with van der Waals surface area (Å²) < 4.78 is 4.76. The number of esters is 1. The molecule has 1 saturated carbocycles. The SMILES string of the molecule is CNC(C)CC(C)SCC1(CC(=O)OC)CC1. The van der Waals surface area contributed by atoms with Crippen LogP contribution in [0.5, 0.6) is 0 Å². The Balaban J connectivity index is 2.23. The van der Waals surface area contributed by atoms with Crippen molar-refractivity contribution in [3.8, 4) is 0 Å². The van der Waals surface area contributed by atoms with E-state index in [1.54, 1.807) is 0 Å². The van der Waals surface area contributed by atoms with Crippen molar-refractivity contribution in [1.82, 2.24) is 5.32 Å². The minimum Gasteiger partial charge on any atom is -0.469 e. The molecule has 1 fully saturated rings. The van der Waals surface area contributed by atoms with Crippen LogP contribution in [0.15, 0.2) is 0 Å². The fraction of sp³-hybridized carbons (Fsp3) is 0.923. The van der Waals surface area contributed by atoms with E-state index in [1.807, 2.05) is 18.8 Å². The standard InChI is InChI=1S/C13H25NO2S/c1-10(14-3)7-11(2)17-9-13(5-6-13)8-12(15)16-4/h10-11,14H,5-9H2,1-4H3. The number of methoxy groups -OCH3 is 1. The van der Waals surface area contributed by atoms with E-state index in [2.05, 4.69) is 19.2 Å². The molecule has 3 nitrogen and oxygen atoms in total. The lowest BCUT2D eigenvalue weighted by molar-refractivity contribution is -0.141. The van der Waals surface area contributed by atoms with Crippen LogP contribution in [0.1, 0.15) is 39.5 Å². The van der Waals surface area contributed by atoms with Gasteiger partial charge in [0, 0.05) is 11.3 Å². The summed E-state index contributed by atoms with van der Waals surface area (Å²) in [6.07, 6.45) is 4.15. The molecule has 1 aliphatic carbocycles. The Morgan fingerprint density at radius 1 is 1.47 bits per heavy atom. The van der Waals surface area contributed by atoms with E-state index in [0.29, 0.717) is 17.7 Å². The zero-order chi connectivity index (χ0) is 12.9. The van der Waals surface area contributed by atoms with Crippen LogP contribution in [0.4, 0.5) is 0 Å². The van der Waals surface area contributed by atoms with Crippen LogP contribution >= 0.6 is 11.8 Å². The number of rotatable bonds is 8. The summed E-state index contributed by atoms with van der Waals surface area (Å²) in [5, 5.41) is 3.91. The third kappa shape index (κ3) is 5.30. The lowest BCUT2D eigenvalue weighted by atomic mass is 10.1. The molecule has 0 amide bonds. The molecular formula is C13H25NO2S. The molecule has 1 rings (SSSR count). The summed E-state index contributed by atoms with van der Waals surface area (Å²) in [6.45, 7) is 4.48. The van der Waals surface area contributed by atoms with Crippen LogP contribution in [-0.4, -0.2) is 37.2 Å². The number of carbonyl (C=O) groups is 1. The summed E-state index contributed by atoms with van der Waals surface area (Å²) >= 11 is 1.99. The summed E-state index contributed by atoms with van der Waals surface area (Å²) in [4.78, 5) is 11.3. The molecule has 2 unspecified atom stereocenters. The topological polar surface area (TPSA) is 38.3 Å². The van der Waals surface area contributed by atoms with Gasteiger partial charge in [-0.05, 0) is 44.4 Å². The van der Waals surface area contributed by atoms with Crippen LogP contribution < -0.4 is 5.32 Å². The fourth-order valence-corrected chi connectivity index (χ4v) is 3.38. The van der Waals surface area contributed by atoms with Crippen LogP contribution in [0.2, 0.25) is 0 Å². The van der Waals surface area contributed by atoms with E-state index in [-0.39, 0.29) is 11.4 Å². The van der Waals surface area contributed by atoms with Gasteiger partial charge in [-0.3, -0.25) is 4.79 Å². The Labute approximate surface area is 109 Å². The van der Waals surface area contributed by atoms with E-state index in [0.717, 1.165) is 5.75 Å². The van der Waals surface area contributed by atoms with Crippen molar-refractivity contribution < 1.29 is 9.53 Å². The Kier molecular flexibility index (Phi) is 5.80. The average molecular weight is 259 g/mol. The first-order chi connectivity index (χ1) is 8.01. The molecule has 0 aliphatic heterocycles. The third-order valence-electron chi connectivity index (χ3n) is 3.56. The van der Waals surface area contributed by atoms with Gasteiger partial charge >= 0.3 is 5.97 Å². The molecule has 0 heterocycles. The van der Waals surface area contributed by atoms with Gasteiger partial charge in [-0.25, -0.2) is 0 Å². The van der Waals surface area contributed by atoms with Crippen molar-refractivity contribution in [3.05, 3.63) is 0 Å². The van der Waals surface area contributed by atoms with E-state index < -0.39 is 0 Å². The maximum Gasteiger partial charge on any atom is 0.306 e. The molecule has 0 aromatic carbocycles. The second kappa shape index (κ2) is 6.64. The molecule has 0 aromatic rings. The maximum absolute atomic E-state index is 11.3. The number of nitrogens with one attached hydrogen (secondary N) is 1. The minimum atomic E-state index is -0.0562. The van der Waals surface area contributed by atoms with Gasteiger partial charge in [-0.2, -0.15) is 11.8 Å². The van der Waals surface area contributed by atoms with Crippen molar-refractivity contribution in [2.45, 2.75) is 50.8 Å². The van der Waals surface area contributed by atoms with Crippen molar-refractivity contribution >= 4 is 17.7 Å². The van der Waals surface area contributed by atoms with E-state index in [9.17, 15) is 4.79 Å². The molecule has 0 bridgehead atoms. The zero-order valence-electron chi connectivity index (χ0n) is 11.4. The van der Waals surface area contributed by atoms with E-state index >= 15 is 0 Å². The van der Waals surface area contributed by atoms with Gasteiger partial charge < -0.3 is 10.1 Å². The van der Waals surface area contributed by atoms with Crippen LogP contribution in [0.3, 0.4) is 0 Å². The number of ether oxygens (including phenoxy) is 1. The number of carbonyl (C=O) groups excluding carboxylic acids is 1. The predicted octanol–water partition coefficient (Wildman–Crippen LogP) is 2.45. The highest BCUT2D eigenvalue weighted by molar-refractivity contribution is 7.99. The first-order valence-electron chi connectivity index (χ1n) is 6.37. The zero-order valence-corrected chi connectivity index (χ0v) is 12.2. The third-order valence-corrected chi connectivity index (χ3v) is 5.10. The smallest absolute Gasteiger partial charge is 0.306 e. The summed E-state index contributed by atoms with van der Waals surface area (Å²) in [5.41, 5.74) is 0.259. The molecule has 100 valence electrons. The fourth-order valence-electron chi connectivity index (χ4n) is 1.93. The molecule has 2 atom stereocenters. The van der Waals surface area contributed by atoms with Gasteiger partial charge in [0.15, 0.2) is 0 Å². The van der Waals surface area contributed by atoms with Crippen molar-refractivity contribution in [2.75, 3.05) is 19.9 Å². The Morgan fingerprint density at radius 3 is 2.59 bits per heavy atom. The summed E-state index contributed by atoms with van der Waals surface area (Å²) in [5.74, 6) is 1.04. The van der Waals surface area contributed by atoms with E-state index in [4.69, 9.17) is 4.74 Å².